The number of hydrogen-bond acceptors (Lipinski definition) is 4. The number of rotatable bonds is 10. The van der Waals surface area contributed by atoms with Crippen LogP contribution in [0.15, 0.2) is 17.0 Å². The maximum absolute atomic E-state index is 13.1. The Morgan fingerprint density at radius 3 is 2.12 bits per heavy atom. The Morgan fingerprint density at radius 2 is 1.64 bits per heavy atom. The second-order valence-corrected chi connectivity index (χ2v) is 7.58. The third-order valence-electron chi connectivity index (χ3n) is 3.24. The van der Waals surface area contributed by atoms with Gasteiger partial charge in [-0.15, -0.1) is 0 Å². The summed E-state index contributed by atoms with van der Waals surface area (Å²) in [4.78, 5) is 9.04. The number of carbonyl (C=O) groups is 1. The van der Waals surface area contributed by atoms with Crippen molar-refractivity contribution < 1.29 is 43.5 Å². The van der Waals surface area contributed by atoms with Gasteiger partial charge in [0.1, 0.15) is 4.90 Å². The van der Waals surface area contributed by atoms with Gasteiger partial charge in [-0.2, -0.15) is 0 Å². The third kappa shape index (κ3) is 6.42. The molecule has 0 spiro atoms. The van der Waals surface area contributed by atoms with Crippen LogP contribution in [0.1, 0.15) is 21.5 Å². The fraction of sp³-hybridized carbons (Fsp3) is 0.500. The van der Waals surface area contributed by atoms with E-state index in [-0.39, 0.29) is 49.5 Å². The highest BCUT2D eigenvalue weighted by molar-refractivity contribution is 8.45. The van der Waals surface area contributed by atoms with Gasteiger partial charge < -0.3 is 19.3 Å². The summed E-state index contributed by atoms with van der Waals surface area (Å²) in [5.74, 6) is -1.74. The van der Waals surface area contributed by atoms with Crippen LogP contribution in [0.3, 0.4) is 0 Å². The highest BCUT2D eigenvalue weighted by atomic mass is 32.5. The lowest BCUT2D eigenvalue weighted by atomic mass is 9.98. The topological polar surface area (TPSA) is 65.0 Å². The van der Waals surface area contributed by atoms with Crippen molar-refractivity contribution in [2.75, 3.05) is 34.0 Å². The van der Waals surface area contributed by atoms with Gasteiger partial charge in [0.05, 0.1) is 32.0 Å². The second kappa shape index (κ2) is 7.06. The Labute approximate surface area is 141 Å². The van der Waals surface area contributed by atoms with Crippen molar-refractivity contribution in [3.05, 3.63) is 28.8 Å². The van der Waals surface area contributed by atoms with E-state index < -0.39 is 33.3 Å². The van der Waals surface area contributed by atoms with E-state index >= 15 is 0 Å². The molecule has 1 aromatic carbocycles. The van der Waals surface area contributed by atoms with E-state index in [9.17, 15) is 24.2 Å². The Kier molecular flexibility index (Phi) is 6.10. The van der Waals surface area contributed by atoms with Crippen molar-refractivity contribution in [1.82, 2.24) is 0 Å². The summed E-state index contributed by atoms with van der Waals surface area (Å²) in [5, 5.41) is 9.16. The van der Waals surface area contributed by atoms with Crippen molar-refractivity contribution in [2.24, 2.45) is 0 Å². The normalized spacial score (nSPS) is 14.8. The van der Waals surface area contributed by atoms with E-state index in [1.165, 1.54) is 14.2 Å². The van der Waals surface area contributed by atoms with Gasteiger partial charge in [-0.25, -0.2) is 4.79 Å². The van der Waals surface area contributed by atoms with Crippen LogP contribution in [0.2, 0.25) is 0 Å². The summed E-state index contributed by atoms with van der Waals surface area (Å²) in [5.41, 5.74) is -1.18. The number of hydrogen-bond donors (Lipinski definition) is 1. The smallest absolute Gasteiger partial charge is 0.336 e. The van der Waals surface area contributed by atoms with Crippen LogP contribution in [0.25, 0.3) is 0 Å². The van der Waals surface area contributed by atoms with Gasteiger partial charge in [0.2, 0.25) is 0 Å². The molecule has 0 fully saturated rings. The number of halogens is 5. The summed E-state index contributed by atoms with van der Waals surface area (Å²) in [6.07, 6.45) is -0.0678. The van der Waals surface area contributed by atoms with Crippen molar-refractivity contribution in [2.45, 2.75) is 17.9 Å². The summed E-state index contributed by atoms with van der Waals surface area (Å²) >= 11 is 0. The first-order valence-corrected chi connectivity index (χ1v) is 8.94. The molecule has 0 aliphatic heterocycles. The van der Waals surface area contributed by atoms with Crippen LogP contribution < -0.4 is 0 Å². The molecule has 5 nitrogen and oxygen atoms in total. The minimum Gasteiger partial charge on any atom is -0.478 e. The zero-order valence-corrected chi connectivity index (χ0v) is 14.4. The molecule has 0 unspecified atom stereocenters. The summed E-state index contributed by atoms with van der Waals surface area (Å²) in [6.45, 7) is -0.324. The molecule has 0 heterocycles. The van der Waals surface area contributed by atoms with E-state index in [0.717, 1.165) is 0 Å². The molecule has 0 saturated carbocycles. The molecule has 1 N–H and O–H groups in total. The van der Waals surface area contributed by atoms with Crippen LogP contribution in [0.5, 0.6) is 0 Å². The Balaban J connectivity index is 3.46. The first-order chi connectivity index (χ1) is 11.3. The van der Waals surface area contributed by atoms with Gasteiger partial charge in [0.25, 0.3) is 0 Å². The molecule has 1 rings (SSSR count). The Bertz CT molecular complexity index is 632. The predicted molar refractivity (Wildman–Crippen MR) is 81.9 cm³/mol. The number of carboxylic acids is 1. The molecule has 25 heavy (non-hydrogen) atoms. The number of carboxylic acid groups (broad SMARTS) is 1. The largest absolute Gasteiger partial charge is 0.478 e. The van der Waals surface area contributed by atoms with E-state index in [1.54, 1.807) is 0 Å². The lowest BCUT2D eigenvalue weighted by molar-refractivity contribution is 0.0608. The minimum absolute atomic E-state index is 0.00110. The van der Waals surface area contributed by atoms with Gasteiger partial charge >= 0.3 is 16.2 Å². The first kappa shape index (κ1) is 21.6. The predicted octanol–water partition coefficient (Wildman–Crippen LogP) is 4.39. The second-order valence-electron chi connectivity index (χ2n) is 5.17. The van der Waals surface area contributed by atoms with Crippen molar-refractivity contribution in [1.29, 1.82) is 0 Å². The fourth-order valence-corrected chi connectivity index (χ4v) is 2.77. The average Bonchev–Trinajstić information content (AvgIpc) is 2.46. The maximum Gasteiger partial charge on any atom is 0.336 e. The average molecular weight is 394 g/mol. The maximum atomic E-state index is 13.1. The zero-order valence-electron chi connectivity index (χ0n) is 13.6. The number of benzene rings is 1. The summed E-state index contributed by atoms with van der Waals surface area (Å²) < 4.78 is 80.2. The van der Waals surface area contributed by atoms with Crippen LogP contribution in [-0.2, 0) is 27.2 Å². The summed E-state index contributed by atoms with van der Waals surface area (Å²) in [7, 11) is -7.35. The van der Waals surface area contributed by atoms with Crippen molar-refractivity contribution in [3.63, 3.8) is 0 Å². The number of ether oxygens (including phenoxy) is 3. The SMILES string of the molecule is COCCOCc1cc(S(F)(F)(F)(F)F)cc(C(=O)O)c1CCOC. The highest BCUT2D eigenvalue weighted by Gasteiger charge is 2.65. The monoisotopic (exact) mass is 394 g/mol. The highest BCUT2D eigenvalue weighted by Crippen LogP contribution is 3.02. The van der Waals surface area contributed by atoms with Crippen molar-refractivity contribution in [3.8, 4) is 0 Å². The molecular formula is C14H19F5O5S. The molecule has 0 amide bonds. The Hall–Kier alpha value is -1.43. The molecular weight excluding hydrogens is 375 g/mol. The minimum atomic E-state index is -10.0. The van der Waals surface area contributed by atoms with Crippen LogP contribution >= 0.6 is 10.2 Å². The van der Waals surface area contributed by atoms with Gasteiger partial charge in [-0.05, 0) is 29.7 Å². The first-order valence-electron chi connectivity index (χ1n) is 6.99. The van der Waals surface area contributed by atoms with E-state index in [0.29, 0.717) is 0 Å². The quantitative estimate of drug-likeness (QED) is 0.471. The zero-order chi connectivity index (χ0) is 19.4. The molecule has 0 saturated heterocycles. The molecule has 11 heteroatoms. The summed E-state index contributed by atoms with van der Waals surface area (Å²) in [6, 6.07) is 0.208. The standard InChI is InChI=1S/C14H19F5O5S/c1-22-4-3-12-10(9-24-6-5-23-2)7-11(8-13(12)14(20)21)25(15,16,17,18)19/h7-8H,3-6,9H2,1-2H3,(H,20,21). The molecule has 1 aromatic rings. The number of aromatic carboxylic acids is 1. The molecule has 0 aliphatic carbocycles. The van der Waals surface area contributed by atoms with Crippen LogP contribution in [0.4, 0.5) is 19.4 Å². The molecule has 0 radical (unpaired) electrons. The third-order valence-corrected chi connectivity index (χ3v) is 4.36. The van der Waals surface area contributed by atoms with Gasteiger partial charge in [-0.3, -0.25) is 0 Å². The Morgan fingerprint density at radius 1 is 1.04 bits per heavy atom. The van der Waals surface area contributed by atoms with Crippen molar-refractivity contribution >= 4 is 16.2 Å². The molecule has 0 atom stereocenters. The van der Waals surface area contributed by atoms with E-state index in [1.807, 2.05) is 0 Å². The van der Waals surface area contributed by atoms with Gasteiger partial charge in [0.15, 0.2) is 0 Å². The molecule has 146 valence electrons. The number of methoxy groups -OCH3 is 2. The van der Waals surface area contributed by atoms with E-state index in [4.69, 9.17) is 19.3 Å². The van der Waals surface area contributed by atoms with E-state index in [2.05, 4.69) is 0 Å². The molecule has 0 bridgehead atoms. The molecule has 0 aromatic heterocycles. The fourth-order valence-electron chi connectivity index (χ4n) is 2.07. The van der Waals surface area contributed by atoms with Crippen LogP contribution in [0, 0.1) is 0 Å². The molecule has 0 aliphatic rings. The van der Waals surface area contributed by atoms with Gasteiger partial charge in [0, 0.05) is 14.2 Å². The van der Waals surface area contributed by atoms with Gasteiger partial charge in [-0.1, -0.05) is 19.4 Å². The van der Waals surface area contributed by atoms with Crippen LogP contribution in [-0.4, -0.2) is 45.1 Å². The lowest BCUT2D eigenvalue weighted by Gasteiger charge is -2.41. The lowest BCUT2D eigenvalue weighted by Crippen LogP contribution is -2.15.